The lowest BCUT2D eigenvalue weighted by molar-refractivity contribution is -0.135. The van der Waals surface area contributed by atoms with Crippen LogP contribution in [-0.2, 0) is 4.79 Å². The first-order chi connectivity index (χ1) is 14.8. The lowest BCUT2D eigenvalue weighted by Gasteiger charge is -2.60. The number of aliphatic hydroxyl groups excluding tert-OH is 1. The Labute approximate surface area is 186 Å². The van der Waals surface area contributed by atoms with Crippen molar-refractivity contribution in [2.45, 2.75) is 58.1 Å². The second-order valence-corrected chi connectivity index (χ2v) is 10.8. The van der Waals surface area contributed by atoms with Crippen LogP contribution < -0.4 is 4.74 Å². The highest BCUT2D eigenvalue weighted by atomic mass is 16.5. The Morgan fingerprint density at radius 3 is 2.77 bits per heavy atom. The van der Waals surface area contributed by atoms with Crippen LogP contribution in [0.15, 0.2) is 42.0 Å². The molecule has 1 amide bonds. The summed E-state index contributed by atoms with van der Waals surface area (Å²) in [5, 5.41) is 10.8. The summed E-state index contributed by atoms with van der Waals surface area (Å²) in [5.74, 6) is 2.57. The molecule has 166 valence electrons. The minimum Gasteiger partial charge on any atom is -0.497 e. The third kappa shape index (κ3) is 3.01. The fraction of sp³-hybridized carbons (Fsp3) is 0.593. The van der Waals surface area contributed by atoms with E-state index < -0.39 is 0 Å². The Hall–Kier alpha value is -2.07. The summed E-state index contributed by atoms with van der Waals surface area (Å²) in [7, 11) is 3.65. The van der Waals surface area contributed by atoms with Crippen molar-refractivity contribution in [3.05, 3.63) is 47.6 Å². The van der Waals surface area contributed by atoms with Crippen molar-refractivity contribution in [2.75, 3.05) is 14.2 Å². The van der Waals surface area contributed by atoms with Crippen LogP contribution in [0.2, 0.25) is 0 Å². The number of fused-ring (bicyclic) bond motifs is 5. The van der Waals surface area contributed by atoms with Gasteiger partial charge in [0, 0.05) is 12.5 Å². The molecule has 4 aliphatic rings. The predicted octanol–water partition coefficient (Wildman–Crippen LogP) is 4.69. The van der Waals surface area contributed by atoms with E-state index in [0.29, 0.717) is 17.8 Å². The summed E-state index contributed by atoms with van der Waals surface area (Å²) in [6.45, 7) is 4.68. The molecule has 0 saturated heterocycles. The van der Waals surface area contributed by atoms with Gasteiger partial charge in [-0.15, -0.1) is 0 Å². The second kappa shape index (κ2) is 7.23. The van der Waals surface area contributed by atoms with Crippen LogP contribution in [0.3, 0.4) is 0 Å². The number of methoxy groups -OCH3 is 1. The maximum absolute atomic E-state index is 12.7. The molecule has 0 aromatic heterocycles. The van der Waals surface area contributed by atoms with Gasteiger partial charge in [-0.05, 0) is 84.6 Å². The number of rotatable bonds is 2. The van der Waals surface area contributed by atoms with E-state index in [2.05, 4.69) is 38.1 Å². The maximum atomic E-state index is 12.7. The first-order valence-electron chi connectivity index (χ1n) is 11.8. The quantitative estimate of drug-likeness (QED) is 0.754. The fourth-order valence-corrected chi connectivity index (χ4v) is 7.76. The number of aliphatic hydroxyl groups is 1. The molecule has 3 saturated carbocycles. The summed E-state index contributed by atoms with van der Waals surface area (Å²) in [5.41, 5.74) is 2.41. The molecule has 1 aliphatic heterocycles. The van der Waals surface area contributed by atoms with Crippen LogP contribution in [0.4, 0.5) is 0 Å². The summed E-state index contributed by atoms with van der Waals surface area (Å²) < 4.78 is 5.44. The van der Waals surface area contributed by atoms with Crippen LogP contribution in [0, 0.1) is 28.6 Å². The molecule has 0 radical (unpaired) electrons. The van der Waals surface area contributed by atoms with Gasteiger partial charge in [0.05, 0.1) is 19.3 Å². The van der Waals surface area contributed by atoms with Gasteiger partial charge in [-0.1, -0.05) is 38.1 Å². The number of hydrogen-bond donors (Lipinski definition) is 1. The van der Waals surface area contributed by atoms with Gasteiger partial charge in [0.15, 0.2) is 0 Å². The number of amides is 1. The van der Waals surface area contributed by atoms with E-state index in [0.717, 1.165) is 43.4 Å². The summed E-state index contributed by atoms with van der Waals surface area (Å²) in [4.78, 5) is 14.6. The van der Waals surface area contributed by atoms with E-state index in [1.165, 1.54) is 5.57 Å². The van der Waals surface area contributed by atoms with E-state index in [1.807, 2.05) is 24.1 Å². The molecule has 1 heterocycles. The van der Waals surface area contributed by atoms with Gasteiger partial charge < -0.3 is 14.7 Å². The molecule has 0 bridgehead atoms. The average molecular weight is 422 g/mol. The lowest BCUT2D eigenvalue weighted by Crippen LogP contribution is -2.60. The predicted molar refractivity (Wildman–Crippen MR) is 122 cm³/mol. The van der Waals surface area contributed by atoms with Crippen molar-refractivity contribution >= 4 is 12.0 Å². The number of ether oxygens (including phenoxy) is 1. The maximum Gasteiger partial charge on any atom is 0.246 e. The van der Waals surface area contributed by atoms with Crippen molar-refractivity contribution < 1.29 is 14.6 Å². The van der Waals surface area contributed by atoms with Gasteiger partial charge in [-0.3, -0.25) is 4.79 Å². The fourth-order valence-electron chi connectivity index (χ4n) is 7.76. The lowest BCUT2D eigenvalue weighted by atomic mass is 9.47. The zero-order valence-corrected chi connectivity index (χ0v) is 19.2. The van der Waals surface area contributed by atoms with Crippen molar-refractivity contribution in [2.24, 2.45) is 28.6 Å². The van der Waals surface area contributed by atoms with E-state index in [9.17, 15) is 9.90 Å². The zero-order chi connectivity index (χ0) is 22.0. The number of carbonyl (C=O) groups is 1. The highest BCUT2D eigenvalue weighted by Crippen LogP contribution is 2.64. The molecule has 1 aromatic carbocycles. The largest absolute Gasteiger partial charge is 0.497 e. The molecule has 31 heavy (non-hydrogen) atoms. The van der Waals surface area contributed by atoms with Crippen LogP contribution in [0.1, 0.15) is 51.5 Å². The normalized spacial score (nSPS) is 42.9. The minimum atomic E-state index is -0.180. The van der Waals surface area contributed by atoms with Crippen LogP contribution in [0.5, 0.6) is 5.75 Å². The van der Waals surface area contributed by atoms with Crippen LogP contribution in [-0.4, -0.2) is 42.2 Å². The first kappa shape index (κ1) is 20.8. The van der Waals surface area contributed by atoms with Crippen LogP contribution in [0.25, 0.3) is 6.08 Å². The second-order valence-electron chi connectivity index (χ2n) is 10.8. The zero-order valence-electron chi connectivity index (χ0n) is 19.2. The van der Waals surface area contributed by atoms with Crippen LogP contribution >= 0.6 is 0 Å². The standard InChI is InChI=1S/C27H35NO3/c1-26-12-10-22-20(21(26)8-9-23(26)29)16-18(14-17-6-5-7-19(15-17)31-4)25-27(22,2)13-11-24(30)28(25)3/h5-7,11,13-15,20-23,25,29H,8-10,12,16H2,1-4H3/b18-14+/t20-,21-,22-,23-,25+,26-,27+/m0/s1. The Morgan fingerprint density at radius 1 is 1.19 bits per heavy atom. The number of carbonyl (C=O) groups excluding carboxylic acids is 1. The van der Waals surface area contributed by atoms with E-state index in [1.54, 1.807) is 13.2 Å². The van der Waals surface area contributed by atoms with E-state index in [-0.39, 0.29) is 28.9 Å². The number of hydrogen-bond acceptors (Lipinski definition) is 3. The van der Waals surface area contributed by atoms with Gasteiger partial charge in [-0.25, -0.2) is 0 Å². The molecule has 4 nitrogen and oxygen atoms in total. The van der Waals surface area contributed by atoms with Gasteiger partial charge in [0.25, 0.3) is 0 Å². The molecule has 3 aliphatic carbocycles. The third-order valence-corrected chi connectivity index (χ3v) is 9.36. The number of nitrogens with zero attached hydrogens (tertiary/aromatic N) is 1. The topological polar surface area (TPSA) is 49.8 Å². The smallest absolute Gasteiger partial charge is 0.246 e. The molecule has 1 N–H and O–H groups in total. The molecule has 3 fully saturated rings. The van der Waals surface area contributed by atoms with Gasteiger partial charge >= 0.3 is 0 Å². The monoisotopic (exact) mass is 421 g/mol. The summed E-state index contributed by atoms with van der Waals surface area (Å²) in [6.07, 6.45) is 11.4. The first-order valence-corrected chi connectivity index (χ1v) is 11.8. The molecule has 0 spiro atoms. The van der Waals surface area contributed by atoms with Crippen molar-refractivity contribution in [1.29, 1.82) is 0 Å². The number of benzene rings is 1. The SMILES string of the molecule is COc1cccc(/C=C2\C[C@@H]3[C@H](CC[C@]4(C)[C@@H](O)CC[C@@H]34)[C@@]3(C)C=CC(=O)N(C)[C@H]23)c1. The highest BCUT2D eigenvalue weighted by molar-refractivity contribution is 5.89. The minimum absolute atomic E-state index is 0.0333. The van der Waals surface area contributed by atoms with Gasteiger partial charge in [-0.2, -0.15) is 0 Å². The van der Waals surface area contributed by atoms with E-state index >= 15 is 0 Å². The number of likely N-dealkylation sites (N-methyl/N-ethyl adjacent to an activating group) is 1. The highest BCUT2D eigenvalue weighted by Gasteiger charge is 2.61. The van der Waals surface area contributed by atoms with Gasteiger partial charge in [0.2, 0.25) is 5.91 Å². The molecular weight excluding hydrogens is 386 g/mol. The molecular formula is C27H35NO3. The Morgan fingerprint density at radius 2 is 2.00 bits per heavy atom. The summed E-state index contributed by atoms with van der Waals surface area (Å²) in [6, 6.07) is 8.25. The Kier molecular flexibility index (Phi) is 4.85. The molecule has 0 unspecified atom stereocenters. The molecule has 4 heteroatoms. The molecule has 7 atom stereocenters. The third-order valence-electron chi connectivity index (χ3n) is 9.36. The Balaban J connectivity index is 1.61. The molecule has 1 aromatic rings. The van der Waals surface area contributed by atoms with E-state index in [4.69, 9.17) is 4.74 Å². The Bertz CT molecular complexity index is 952. The van der Waals surface area contributed by atoms with Crippen molar-refractivity contribution in [3.8, 4) is 5.75 Å². The van der Waals surface area contributed by atoms with Crippen molar-refractivity contribution in [1.82, 2.24) is 4.90 Å². The average Bonchev–Trinajstić information content (AvgIpc) is 3.06. The molecule has 5 rings (SSSR count). The summed E-state index contributed by atoms with van der Waals surface area (Å²) >= 11 is 0. The van der Waals surface area contributed by atoms with Gasteiger partial charge in [0.1, 0.15) is 5.75 Å². The van der Waals surface area contributed by atoms with Crippen molar-refractivity contribution in [3.63, 3.8) is 0 Å².